The normalized spacial score (nSPS) is 7.40. The van der Waals surface area contributed by atoms with Crippen molar-refractivity contribution in [2.75, 3.05) is 6.61 Å². The summed E-state index contributed by atoms with van der Waals surface area (Å²) in [5, 5.41) is 8.14. The second-order valence-corrected chi connectivity index (χ2v) is 2.48. The van der Waals surface area contributed by atoms with Crippen molar-refractivity contribution in [3.05, 3.63) is 0 Å². The summed E-state index contributed by atoms with van der Waals surface area (Å²) in [4.78, 5) is 9.44. The van der Waals surface area contributed by atoms with Gasteiger partial charge in [-0.05, 0) is 19.8 Å². The van der Waals surface area contributed by atoms with Crippen LogP contribution >= 0.6 is 0 Å². The van der Waals surface area contributed by atoms with E-state index in [4.69, 9.17) is 5.11 Å². The SMILES string of the molecule is C.CC(C)=O.CC(C)CO. The molecular weight excluding hydrogens is 128 g/mol. The summed E-state index contributed by atoms with van der Waals surface area (Å²) in [6, 6.07) is 0. The van der Waals surface area contributed by atoms with E-state index in [1.807, 2.05) is 13.8 Å². The van der Waals surface area contributed by atoms with E-state index in [-0.39, 0.29) is 13.2 Å². The molecule has 0 aliphatic rings. The Labute approximate surface area is 64.3 Å². The average molecular weight is 148 g/mol. The van der Waals surface area contributed by atoms with Gasteiger partial charge in [-0.25, -0.2) is 0 Å². The molecule has 0 unspecified atom stereocenters. The first kappa shape index (κ1) is 16.3. The summed E-state index contributed by atoms with van der Waals surface area (Å²) in [7, 11) is 0. The molecule has 1 N–H and O–H groups in total. The zero-order chi connectivity index (χ0) is 7.86. The van der Waals surface area contributed by atoms with Gasteiger partial charge in [0.05, 0.1) is 0 Å². The van der Waals surface area contributed by atoms with Crippen LogP contribution in [0.15, 0.2) is 0 Å². The Hall–Kier alpha value is -0.370. The molecule has 0 bridgehead atoms. The first-order chi connectivity index (χ1) is 4.00. The summed E-state index contributed by atoms with van der Waals surface area (Å²) in [5.74, 6) is 0.606. The van der Waals surface area contributed by atoms with Crippen LogP contribution in [0.1, 0.15) is 35.1 Å². The van der Waals surface area contributed by atoms with Crippen molar-refractivity contribution in [3.8, 4) is 0 Å². The number of aliphatic hydroxyl groups is 1. The van der Waals surface area contributed by atoms with Crippen molar-refractivity contribution in [3.63, 3.8) is 0 Å². The highest BCUT2D eigenvalue weighted by Crippen LogP contribution is 1.83. The Bertz CT molecular complexity index is 63.7. The van der Waals surface area contributed by atoms with Crippen LogP contribution in [-0.4, -0.2) is 17.5 Å². The molecule has 0 aliphatic heterocycles. The molecular formula is C8H20O2. The van der Waals surface area contributed by atoms with Gasteiger partial charge >= 0.3 is 0 Å². The zero-order valence-corrected chi connectivity index (χ0v) is 6.64. The average Bonchev–Trinajstić information content (AvgIpc) is 1.65. The minimum atomic E-state index is 0. The van der Waals surface area contributed by atoms with Gasteiger partial charge in [-0.15, -0.1) is 0 Å². The Kier molecular flexibility index (Phi) is 18.6. The van der Waals surface area contributed by atoms with Crippen molar-refractivity contribution >= 4 is 5.78 Å². The number of aliphatic hydroxyl groups excluding tert-OH is 1. The molecule has 0 fully saturated rings. The lowest BCUT2D eigenvalue weighted by Gasteiger charge is -1.90. The maximum atomic E-state index is 9.44. The third-order valence-electron chi connectivity index (χ3n) is 0.365. The van der Waals surface area contributed by atoms with Gasteiger partial charge in [-0.3, -0.25) is 0 Å². The molecule has 0 rings (SSSR count). The summed E-state index contributed by atoms with van der Waals surface area (Å²) < 4.78 is 0. The molecule has 0 heterocycles. The van der Waals surface area contributed by atoms with Crippen molar-refractivity contribution in [1.29, 1.82) is 0 Å². The largest absolute Gasteiger partial charge is 0.396 e. The molecule has 0 spiro atoms. The molecule has 0 saturated carbocycles. The molecule has 10 heavy (non-hydrogen) atoms. The van der Waals surface area contributed by atoms with Gasteiger partial charge in [0.2, 0.25) is 0 Å². The van der Waals surface area contributed by atoms with Crippen LogP contribution in [-0.2, 0) is 4.79 Å². The monoisotopic (exact) mass is 148 g/mol. The minimum Gasteiger partial charge on any atom is -0.396 e. The van der Waals surface area contributed by atoms with E-state index in [0.717, 1.165) is 0 Å². The molecule has 2 nitrogen and oxygen atoms in total. The van der Waals surface area contributed by atoms with Gasteiger partial charge in [0.25, 0.3) is 0 Å². The quantitative estimate of drug-likeness (QED) is 0.616. The van der Waals surface area contributed by atoms with Crippen LogP contribution in [0.4, 0.5) is 0 Å². The second kappa shape index (κ2) is 11.4. The number of hydrogen-bond donors (Lipinski definition) is 1. The van der Waals surface area contributed by atoms with E-state index >= 15 is 0 Å². The third kappa shape index (κ3) is 126. The standard InChI is InChI=1S/C4H10O.C3H6O.CH4/c1-4(2)3-5;1-3(2)4;/h4-5H,3H2,1-2H3;1-2H3;1H4. The predicted molar refractivity (Wildman–Crippen MR) is 45.0 cm³/mol. The number of carbonyl (C=O) groups is 1. The molecule has 0 aromatic heterocycles. The van der Waals surface area contributed by atoms with E-state index in [1.165, 1.54) is 13.8 Å². The molecule has 0 radical (unpaired) electrons. The molecule has 0 amide bonds. The summed E-state index contributed by atoms with van der Waals surface area (Å²) >= 11 is 0. The number of hydrogen-bond acceptors (Lipinski definition) is 2. The van der Waals surface area contributed by atoms with Gasteiger partial charge < -0.3 is 9.90 Å². The van der Waals surface area contributed by atoms with E-state index in [0.29, 0.717) is 12.5 Å². The van der Waals surface area contributed by atoms with Crippen molar-refractivity contribution in [1.82, 2.24) is 0 Å². The number of Topliss-reactive ketones (excluding diaryl/α,β-unsaturated/α-hetero) is 1. The van der Waals surface area contributed by atoms with Crippen LogP contribution in [0.3, 0.4) is 0 Å². The molecule has 0 aromatic rings. The molecule has 0 aliphatic carbocycles. The van der Waals surface area contributed by atoms with Crippen LogP contribution in [0.25, 0.3) is 0 Å². The van der Waals surface area contributed by atoms with E-state index in [9.17, 15) is 4.79 Å². The first-order valence-corrected chi connectivity index (χ1v) is 3.08. The highest BCUT2D eigenvalue weighted by atomic mass is 16.3. The van der Waals surface area contributed by atoms with Gasteiger partial charge in [0.1, 0.15) is 5.78 Å². The summed E-state index contributed by atoms with van der Waals surface area (Å²) in [5.41, 5.74) is 0. The lowest BCUT2D eigenvalue weighted by molar-refractivity contribution is -0.114. The fraction of sp³-hybridized carbons (Fsp3) is 0.875. The Balaban J connectivity index is -0.0000000910. The first-order valence-electron chi connectivity index (χ1n) is 3.08. The molecule has 0 atom stereocenters. The maximum Gasteiger partial charge on any atom is 0.126 e. The lowest BCUT2D eigenvalue weighted by Crippen LogP contribution is -1.90. The fourth-order valence-corrected chi connectivity index (χ4v) is 0. The van der Waals surface area contributed by atoms with Gasteiger partial charge in [0, 0.05) is 6.61 Å². The molecule has 64 valence electrons. The number of ketones is 1. The summed E-state index contributed by atoms with van der Waals surface area (Å²) in [6.45, 7) is 7.31. The second-order valence-electron chi connectivity index (χ2n) is 2.48. The zero-order valence-electron chi connectivity index (χ0n) is 6.64. The smallest absolute Gasteiger partial charge is 0.126 e. The maximum absolute atomic E-state index is 9.44. The fourth-order valence-electron chi connectivity index (χ4n) is 0. The van der Waals surface area contributed by atoms with Crippen LogP contribution in [0, 0.1) is 5.92 Å². The molecule has 2 heteroatoms. The highest BCUT2D eigenvalue weighted by molar-refractivity contribution is 5.72. The lowest BCUT2D eigenvalue weighted by atomic mass is 10.2. The topological polar surface area (TPSA) is 37.3 Å². The highest BCUT2D eigenvalue weighted by Gasteiger charge is 1.81. The number of carbonyl (C=O) groups excluding carboxylic acids is 1. The molecule has 0 saturated heterocycles. The van der Waals surface area contributed by atoms with Crippen molar-refractivity contribution in [2.24, 2.45) is 5.92 Å². The minimum absolute atomic E-state index is 0. The van der Waals surface area contributed by atoms with Crippen molar-refractivity contribution < 1.29 is 9.90 Å². The predicted octanol–water partition coefficient (Wildman–Crippen LogP) is 1.87. The Morgan fingerprint density at radius 1 is 1.40 bits per heavy atom. The van der Waals surface area contributed by atoms with Gasteiger partial charge in [-0.1, -0.05) is 21.3 Å². The number of rotatable bonds is 1. The van der Waals surface area contributed by atoms with Crippen molar-refractivity contribution in [2.45, 2.75) is 35.1 Å². The van der Waals surface area contributed by atoms with Crippen LogP contribution in [0.2, 0.25) is 0 Å². The van der Waals surface area contributed by atoms with E-state index < -0.39 is 0 Å². The Morgan fingerprint density at radius 2 is 1.50 bits per heavy atom. The van der Waals surface area contributed by atoms with E-state index in [1.54, 1.807) is 0 Å². The third-order valence-corrected chi connectivity index (χ3v) is 0.365. The molecule has 0 aromatic carbocycles. The van der Waals surface area contributed by atoms with E-state index in [2.05, 4.69) is 0 Å². The van der Waals surface area contributed by atoms with Crippen LogP contribution < -0.4 is 0 Å². The van der Waals surface area contributed by atoms with Gasteiger partial charge in [-0.2, -0.15) is 0 Å². The van der Waals surface area contributed by atoms with Crippen LogP contribution in [0.5, 0.6) is 0 Å². The van der Waals surface area contributed by atoms with Gasteiger partial charge in [0.15, 0.2) is 0 Å². The Morgan fingerprint density at radius 3 is 1.50 bits per heavy atom. The summed E-state index contributed by atoms with van der Waals surface area (Å²) in [6.07, 6.45) is 0.